The van der Waals surface area contributed by atoms with Gasteiger partial charge in [-0.05, 0) is 18.2 Å². The van der Waals surface area contributed by atoms with Gasteiger partial charge in [-0.3, -0.25) is 9.59 Å². The highest BCUT2D eigenvalue weighted by Gasteiger charge is 2.20. The summed E-state index contributed by atoms with van der Waals surface area (Å²) in [4.78, 5) is 25.5. The van der Waals surface area contributed by atoms with Crippen LogP contribution >= 0.6 is 23.2 Å². The first kappa shape index (κ1) is 18.0. The topological polar surface area (TPSA) is 70.7 Å². The van der Waals surface area contributed by atoms with Gasteiger partial charge in [0.1, 0.15) is 0 Å². The van der Waals surface area contributed by atoms with E-state index in [9.17, 15) is 9.59 Å². The van der Waals surface area contributed by atoms with E-state index in [4.69, 9.17) is 27.9 Å². The number of ether oxygens (including phenoxy) is 1. The minimum absolute atomic E-state index is 0.00293. The highest BCUT2D eigenvalue weighted by molar-refractivity contribution is 6.42. The van der Waals surface area contributed by atoms with Crippen molar-refractivity contribution in [3.05, 3.63) is 28.2 Å². The lowest BCUT2D eigenvalue weighted by Gasteiger charge is -2.25. The monoisotopic (exact) mass is 359 g/mol. The number of carbonyl (C=O) groups is 2. The number of benzene rings is 1. The van der Waals surface area contributed by atoms with Crippen molar-refractivity contribution >= 4 is 40.7 Å². The molecule has 0 aromatic heterocycles. The second-order valence-corrected chi connectivity index (χ2v) is 6.17. The third-order valence-electron chi connectivity index (χ3n) is 3.43. The molecule has 1 atom stereocenters. The lowest BCUT2D eigenvalue weighted by molar-refractivity contribution is -0.134. The second kappa shape index (κ2) is 8.49. The van der Waals surface area contributed by atoms with Crippen LogP contribution in [0.3, 0.4) is 0 Å². The summed E-state index contributed by atoms with van der Waals surface area (Å²) in [6.07, 6.45) is 0.302. The first-order valence-electron chi connectivity index (χ1n) is 7.25. The molecule has 1 unspecified atom stereocenters. The Morgan fingerprint density at radius 2 is 2.17 bits per heavy atom. The Morgan fingerprint density at radius 3 is 2.83 bits per heavy atom. The maximum absolute atomic E-state index is 12.1. The van der Waals surface area contributed by atoms with Gasteiger partial charge in [-0.15, -0.1) is 0 Å². The number of halogens is 2. The zero-order chi connectivity index (χ0) is 16.8. The molecule has 0 saturated carbocycles. The fourth-order valence-electron chi connectivity index (χ4n) is 2.20. The summed E-state index contributed by atoms with van der Waals surface area (Å²) in [6, 6.07) is 4.81. The summed E-state index contributed by atoms with van der Waals surface area (Å²) < 4.78 is 5.31. The van der Waals surface area contributed by atoms with Crippen molar-refractivity contribution in [2.75, 3.05) is 38.7 Å². The van der Waals surface area contributed by atoms with Gasteiger partial charge in [0.2, 0.25) is 11.8 Å². The van der Waals surface area contributed by atoms with Crippen LogP contribution in [0.4, 0.5) is 5.69 Å². The smallest absolute Gasteiger partial charge is 0.243 e. The molecular formula is C15H19Cl2N3O3. The summed E-state index contributed by atoms with van der Waals surface area (Å²) in [5.74, 6) is -0.413. The zero-order valence-electron chi connectivity index (χ0n) is 12.8. The number of nitrogens with zero attached hydrogens (tertiary/aromatic N) is 1. The molecule has 1 aromatic rings. The molecule has 0 bridgehead atoms. The van der Waals surface area contributed by atoms with E-state index in [0.29, 0.717) is 35.4 Å². The van der Waals surface area contributed by atoms with Gasteiger partial charge < -0.3 is 20.3 Å². The zero-order valence-corrected chi connectivity index (χ0v) is 14.3. The predicted molar refractivity (Wildman–Crippen MR) is 90.0 cm³/mol. The number of hydrogen-bond donors (Lipinski definition) is 2. The number of amides is 2. The van der Waals surface area contributed by atoms with Gasteiger partial charge in [0, 0.05) is 31.7 Å². The van der Waals surface area contributed by atoms with Crippen molar-refractivity contribution in [1.82, 2.24) is 10.2 Å². The van der Waals surface area contributed by atoms with Gasteiger partial charge in [0.15, 0.2) is 0 Å². The van der Waals surface area contributed by atoms with E-state index in [1.54, 1.807) is 25.2 Å². The molecule has 1 aliphatic heterocycles. The molecule has 1 aliphatic rings. The van der Waals surface area contributed by atoms with E-state index in [2.05, 4.69) is 10.6 Å². The molecule has 0 radical (unpaired) electrons. The Morgan fingerprint density at radius 1 is 1.39 bits per heavy atom. The summed E-state index contributed by atoms with van der Waals surface area (Å²) in [6.45, 7) is 1.87. The average Bonchev–Trinajstić information content (AvgIpc) is 2.51. The van der Waals surface area contributed by atoms with Gasteiger partial charge in [-0.2, -0.15) is 0 Å². The van der Waals surface area contributed by atoms with Gasteiger partial charge in [0.25, 0.3) is 0 Å². The minimum Gasteiger partial charge on any atom is -0.378 e. The molecule has 2 N–H and O–H groups in total. The lowest BCUT2D eigenvalue weighted by Crippen LogP contribution is -2.45. The molecule has 0 aliphatic carbocycles. The van der Waals surface area contributed by atoms with Gasteiger partial charge >= 0.3 is 0 Å². The van der Waals surface area contributed by atoms with E-state index < -0.39 is 0 Å². The maximum atomic E-state index is 12.1. The van der Waals surface area contributed by atoms with Crippen LogP contribution in [0.5, 0.6) is 0 Å². The molecule has 0 spiro atoms. The van der Waals surface area contributed by atoms with Crippen LogP contribution < -0.4 is 10.6 Å². The molecule has 23 heavy (non-hydrogen) atoms. The molecule has 1 saturated heterocycles. The fraction of sp³-hybridized carbons (Fsp3) is 0.467. The van der Waals surface area contributed by atoms with Gasteiger partial charge in [-0.25, -0.2) is 0 Å². The first-order valence-corrected chi connectivity index (χ1v) is 8.01. The molecule has 8 heteroatoms. The maximum Gasteiger partial charge on any atom is 0.243 e. The number of likely N-dealkylation sites (N-methyl/N-ethyl adjacent to an activating group) is 1. The molecule has 126 valence electrons. The van der Waals surface area contributed by atoms with Crippen LogP contribution in [-0.2, 0) is 14.3 Å². The Bertz CT molecular complexity index is 577. The predicted octanol–water partition coefficient (Wildman–Crippen LogP) is 1.77. The third kappa shape index (κ3) is 5.66. The molecule has 1 fully saturated rings. The normalized spacial score (nSPS) is 17.6. The quantitative estimate of drug-likeness (QED) is 0.840. The number of nitrogens with one attached hydrogen (secondary N) is 2. The number of anilines is 1. The van der Waals surface area contributed by atoms with E-state index >= 15 is 0 Å². The van der Waals surface area contributed by atoms with Crippen LogP contribution in [0.2, 0.25) is 10.0 Å². The van der Waals surface area contributed by atoms with Crippen molar-refractivity contribution in [3.63, 3.8) is 0 Å². The minimum atomic E-state index is -0.299. The summed E-state index contributed by atoms with van der Waals surface area (Å²) >= 11 is 11.7. The third-order valence-corrected chi connectivity index (χ3v) is 4.17. The van der Waals surface area contributed by atoms with Crippen LogP contribution in [0.15, 0.2) is 18.2 Å². The number of morpholine rings is 1. The molecular weight excluding hydrogens is 341 g/mol. The highest BCUT2D eigenvalue weighted by Crippen LogP contribution is 2.24. The van der Waals surface area contributed by atoms with Crippen molar-refractivity contribution < 1.29 is 14.3 Å². The van der Waals surface area contributed by atoms with Crippen molar-refractivity contribution in [3.8, 4) is 0 Å². The van der Waals surface area contributed by atoms with Crippen LogP contribution in [-0.4, -0.2) is 56.1 Å². The highest BCUT2D eigenvalue weighted by atomic mass is 35.5. The second-order valence-electron chi connectivity index (χ2n) is 5.36. The van der Waals surface area contributed by atoms with Crippen molar-refractivity contribution in [1.29, 1.82) is 0 Å². The largest absolute Gasteiger partial charge is 0.378 e. The van der Waals surface area contributed by atoms with Crippen molar-refractivity contribution in [2.45, 2.75) is 12.5 Å². The summed E-state index contributed by atoms with van der Waals surface area (Å²) in [5, 5.41) is 6.67. The number of carbonyl (C=O) groups excluding carboxylic acids is 2. The Labute approximate surface area is 145 Å². The first-order chi connectivity index (χ1) is 11.0. The summed E-state index contributed by atoms with van der Waals surface area (Å²) in [5.41, 5.74) is 0.535. The summed E-state index contributed by atoms with van der Waals surface area (Å²) in [7, 11) is 1.60. The molecule has 2 rings (SSSR count). The number of hydrogen-bond acceptors (Lipinski definition) is 4. The standard InChI is InChI=1S/C15H19Cl2N3O3/c1-20(15(22)7-11-9-23-5-4-18-11)8-14(21)19-10-2-3-12(16)13(17)6-10/h2-3,6,11,18H,4-5,7-9H2,1H3,(H,19,21). The Hall–Kier alpha value is -1.34. The Balaban J connectivity index is 1.81. The molecule has 1 heterocycles. The van der Waals surface area contributed by atoms with E-state index in [1.165, 1.54) is 4.90 Å². The SMILES string of the molecule is CN(CC(=O)Nc1ccc(Cl)c(Cl)c1)C(=O)CC1COCCN1. The van der Waals surface area contributed by atoms with Gasteiger partial charge in [-0.1, -0.05) is 23.2 Å². The number of rotatable bonds is 5. The van der Waals surface area contributed by atoms with Gasteiger partial charge in [0.05, 0.1) is 29.8 Å². The molecule has 6 nitrogen and oxygen atoms in total. The van der Waals surface area contributed by atoms with Crippen LogP contribution in [0.1, 0.15) is 6.42 Å². The molecule has 2 amide bonds. The van der Waals surface area contributed by atoms with Crippen molar-refractivity contribution in [2.24, 2.45) is 0 Å². The van der Waals surface area contributed by atoms with Crippen LogP contribution in [0, 0.1) is 0 Å². The van der Waals surface area contributed by atoms with E-state index in [0.717, 1.165) is 6.54 Å². The van der Waals surface area contributed by atoms with E-state index in [1.807, 2.05) is 0 Å². The van der Waals surface area contributed by atoms with E-state index in [-0.39, 0.29) is 24.4 Å². The lowest BCUT2D eigenvalue weighted by atomic mass is 10.2. The van der Waals surface area contributed by atoms with Crippen LogP contribution in [0.25, 0.3) is 0 Å². The fourth-order valence-corrected chi connectivity index (χ4v) is 2.49. The average molecular weight is 360 g/mol. The Kier molecular flexibility index (Phi) is 6.65. The molecule has 1 aromatic carbocycles.